The number of allylic oxidation sites excluding steroid dienone is 2. The molecular formula is C29H31N7O4. The Hall–Kier alpha value is -4.51. The Labute approximate surface area is 230 Å². The molecular weight excluding hydrogens is 510 g/mol. The second kappa shape index (κ2) is 10.9. The molecule has 1 aromatic carbocycles. The summed E-state index contributed by atoms with van der Waals surface area (Å²) >= 11 is 0. The van der Waals surface area contributed by atoms with E-state index in [1.165, 1.54) is 9.47 Å². The number of benzene rings is 1. The molecule has 1 fully saturated rings. The number of nitrogens with zero attached hydrogens (tertiary/aromatic N) is 5. The normalized spacial score (nSPS) is 16.8. The first-order chi connectivity index (χ1) is 19.5. The molecule has 1 aliphatic heterocycles. The molecule has 11 heteroatoms. The number of carbonyl (C=O) groups is 1. The second-order valence-electron chi connectivity index (χ2n) is 10.3. The van der Waals surface area contributed by atoms with Crippen LogP contribution in [0.1, 0.15) is 47.4 Å². The summed E-state index contributed by atoms with van der Waals surface area (Å²) in [5.74, 6) is 1.41. The van der Waals surface area contributed by atoms with Crippen LogP contribution in [-0.4, -0.2) is 63.8 Å². The van der Waals surface area contributed by atoms with Gasteiger partial charge in [-0.2, -0.15) is 4.98 Å². The fraction of sp³-hybridized carbons (Fsp3) is 0.345. The van der Waals surface area contributed by atoms with Crippen molar-refractivity contribution in [2.75, 3.05) is 32.5 Å². The molecule has 0 bridgehead atoms. The molecule has 2 aliphatic rings. The lowest BCUT2D eigenvalue weighted by molar-refractivity contribution is 0.0825. The van der Waals surface area contributed by atoms with Crippen LogP contribution in [0.2, 0.25) is 0 Å². The van der Waals surface area contributed by atoms with Gasteiger partial charge in [-0.1, -0.05) is 11.2 Å². The number of ether oxygens (including phenoxy) is 1. The van der Waals surface area contributed by atoms with Crippen LogP contribution in [0, 0.1) is 0 Å². The fourth-order valence-corrected chi connectivity index (χ4v) is 5.11. The quantitative estimate of drug-likeness (QED) is 0.344. The SMILES string of the molecule is CN(C)C(=O)c1cc2cnc(Nc3ccc(OC4CCNC4)cc3)nc2n(Cc2cnoc2C2=CCCC2)c1=O. The topological polar surface area (TPSA) is 127 Å². The van der Waals surface area contributed by atoms with E-state index in [4.69, 9.17) is 14.2 Å². The maximum atomic E-state index is 13.7. The summed E-state index contributed by atoms with van der Waals surface area (Å²) in [5, 5.41) is 11.1. The molecule has 2 N–H and O–H groups in total. The third-order valence-electron chi connectivity index (χ3n) is 7.20. The second-order valence-corrected chi connectivity index (χ2v) is 10.3. The Morgan fingerprint density at radius 2 is 2.10 bits per heavy atom. The lowest BCUT2D eigenvalue weighted by Crippen LogP contribution is -2.33. The van der Waals surface area contributed by atoms with Gasteiger partial charge in [0.2, 0.25) is 5.95 Å². The number of amides is 1. The molecule has 1 aliphatic carbocycles. The molecule has 4 aromatic rings. The van der Waals surface area contributed by atoms with E-state index in [9.17, 15) is 9.59 Å². The standard InChI is InChI=1S/C29H31N7O4/c1-35(2)27(37)24-13-19-14-31-29(33-21-7-9-22(10-8-21)39-23-11-12-30-16-23)34-26(19)36(28(24)38)17-20-15-32-40-25(20)18-5-3-4-6-18/h5,7-10,13-15,23,30H,3-4,6,11-12,16-17H2,1-2H3,(H,31,33,34). The molecule has 40 heavy (non-hydrogen) atoms. The van der Waals surface area contributed by atoms with Gasteiger partial charge in [0.05, 0.1) is 12.7 Å². The van der Waals surface area contributed by atoms with Crippen LogP contribution in [0.25, 0.3) is 16.6 Å². The van der Waals surface area contributed by atoms with Crippen molar-refractivity contribution in [3.8, 4) is 5.75 Å². The number of fused-ring (bicyclic) bond motifs is 1. The maximum Gasteiger partial charge on any atom is 0.265 e. The number of anilines is 2. The minimum absolute atomic E-state index is 0.0490. The van der Waals surface area contributed by atoms with Gasteiger partial charge < -0.3 is 24.8 Å². The number of rotatable bonds is 8. The lowest BCUT2D eigenvalue weighted by Gasteiger charge is -2.15. The molecule has 1 atom stereocenters. The minimum atomic E-state index is -0.439. The first-order valence-electron chi connectivity index (χ1n) is 13.5. The Kier molecular flexibility index (Phi) is 7.04. The number of carbonyl (C=O) groups excluding carboxylic acids is 1. The van der Waals surface area contributed by atoms with E-state index in [2.05, 4.69) is 26.9 Å². The summed E-state index contributed by atoms with van der Waals surface area (Å²) in [5.41, 5.74) is 2.63. The summed E-state index contributed by atoms with van der Waals surface area (Å²) in [6, 6.07) is 9.16. The van der Waals surface area contributed by atoms with Crippen LogP contribution in [0.15, 0.2) is 58.1 Å². The summed E-state index contributed by atoms with van der Waals surface area (Å²) in [4.78, 5) is 37.1. The van der Waals surface area contributed by atoms with Crippen molar-refractivity contribution in [2.24, 2.45) is 0 Å². The van der Waals surface area contributed by atoms with Crippen molar-refractivity contribution in [1.29, 1.82) is 0 Å². The monoisotopic (exact) mass is 541 g/mol. The number of hydrogen-bond acceptors (Lipinski definition) is 9. The molecule has 0 radical (unpaired) electrons. The molecule has 11 nitrogen and oxygen atoms in total. The number of nitrogens with one attached hydrogen (secondary N) is 2. The third-order valence-corrected chi connectivity index (χ3v) is 7.20. The van der Waals surface area contributed by atoms with E-state index in [1.54, 1.807) is 32.6 Å². The molecule has 0 spiro atoms. The summed E-state index contributed by atoms with van der Waals surface area (Å²) < 4.78 is 13.1. The minimum Gasteiger partial charge on any atom is -0.489 e. The Morgan fingerprint density at radius 1 is 1.25 bits per heavy atom. The molecule has 1 unspecified atom stereocenters. The van der Waals surface area contributed by atoms with E-state index in [0.717, 1.165) is 61.3 Å². The van der Waals surface area contributed by atoms with E-state index in [0.29, 0.717) is 22.7 Å². The molecule has 1 saturated heterocycles. The lowest BCUT2D eigenvalue weighted by atomic mass is 10.1. The highest BCUT2D eigenvalue weighted by Gasteiger charge is 2.22. The van der Waals surface area contributed by atoms with Gasteiger partial charge in [0.25, 0.3) is 11.5 Å². The van der Waals surface area contributed by atoms with Crippen molar-refractivity contribution < 1.29 is 14.1 Å². The van der Waals surface area contributed by atoms with Gasteiger partial charge >= 0.3 is 0 Å². The summed E-state index contributed by atoms with van der Waals surface area (Å²) in [6.45, 7) is 1.97. The van der Waals surface area contributed by atoms with E-state index in [1.807, 2.05) is 24.3 Å². The highest BCUT2D eigenvalue weighted by Crippen LogP contribution is 2.30. The van der Waals surface area contributed by atoms with Crippen molar-refractivity contribution in [3.63, 3.8) is 0 Å². The van der Waals surface area contributed by atoms with Gasteiger partial charge in [-0.15, -0.1) is 0 Å². The summed E-state index contributed by atoms with van der Waals surface area (Å²) in [6.07, 6.45) is 9.49. The predicted octanol–water partition coefficient (Wildman–Crippen LogP) is 3.58. The van der Waals surface area contributed by atoms with Crippen molar-refractivity contribution in [3.05, 3.63) is 76.0 Å². The zero-order chi connectivity index (χ0) is 27.6. The maximum absolute atomic E-state index is 13.7. The van der Waals surface area contributed by atoms with E-state index >= 15 is 0 Å². The molecule has 3 aromatic heterocycles. The van der Waals surface area contributed by atoms with Gasteiger partial charge in [0, 0.05) is 43.5 Å². The van der Waals surface area contributed by atoms with Gasteiger partial charge in [0.15, 0.2) is 5.76 Å². The zero-order valence-corrected chi connectivity index (χ0v) is 22.5. The predicted molar refractivity (Wildman–Crippen MR) is 151 cm³/mol. The van der Waals surface area contributed by atoms with Crippen LogP contribution in [0.3, 0.4) is 0 Å². The summed E-state index contributed by atoms with van der Waals surface area (Å²) in [7, 11) is 3.23. The van der Waals surface area contributed by atoms with Gasteiger partial charge in [-0.3, -0.25) is 14.2 Å². The molecule has 206 valence electrons. The number of hydrogen-bond donors (Lipinski definition) is 2. The van der Waals surface area contributed by atoms with Crippen molar-refractivity contribution >= 4 is 34.1 Å². The number of aromatic nitrogens is 4. The van der Waals surface area contributed by atoms with Gasteiger partial charge in [0.1, 0.15) is 23.1 Å². The Bertz CT molecular complexity index is 1630. The highest BCUT2D eigenvalue weighted by molar-refractivity contribution is 5.96. The zero-order valence-electron chi connectivity index (χ0n) is 22.5. The van der Waals surface area contributed by atoms with Crippen molar-refractivity contribution in [2.45, 2.75) is 38.3 Å². The van der Waals surface area contributed by atoms with Crippen LogP contribution >= 0.6 is 0 Å². The average Bonchev–Trinajstić information content (AvgIpc) is 3.74. The van der Waals surface area contributed by atoms with Gasteiger partial charge in [-0.25, -0.2) is 4.98 Å². The smallest absolute Gasteiger partial charge is 0.265 e. The average molecular weight is 542 g/mol. The first-order valence-corrected chi connectivity index (χ1v) is 13.5. The molecule has 1 amide bonds. The van der Waals surface area contributed by atoms with Crippen molar-refractivity contribution in [1.82, 2.24) is 29.9 Å². The molecule has 0 saturated carbocycles. The fourth-order valence-electron chi connectivity index (χ4n) is 5.11. The van der Waals surface area contributed by atoms with E-state index < -0.39 is 5.56 Å². The third kappa shape index (κ3) is 5.20. The van der Waals surface area contributed by atoms with E-state index in [-0.39, 0.29) is 24.1 Å². The highest BCUT2D eigenvalue weighted by atomic mass is 16.5. The molecule has 6 rings (SSSR count). The van der Waals surface area contributed by atoms with Gasteiger partial charge in [-0.05, 0) is 68.1 Å². The number of pyridine rings is 1. The Balaban J connectivity index is 1.35. The van der Waals surface area contributed by atoms with Crippen LogP contribution < -0.4 is 20.9 Å². The Morgan fingerprint density at radius 3 is 2.83 bits per heavy atom. The molecule has 4 heterocycles. The first kappa shape index (κ1) is 25.8. The van der Waals surface area contributed by atoms with Crippen LogP contribution in [0.5, 0.6) is 5.75 Å². The largest absolute Gasteiger partial charge is 0.489 e. The van der Waals surface area contributed by atoms with Crippen LogP contribution in [-0.2, 0) is 6.54 Å². The van der Waals surface area contributed by atoms with Crippen LogP contribution in [0.4, 0.5) is 11.6 Å².